The van der Waals surface area contributed by atoms with Crippen molar-refractivity contribution in [3.63, 3.8) is 0 Å². The van der Waals surface area contributed by atoms with Gasteiger partial charge in [-0.05, 0) is 36.4 Å². The fourth-order valence-corrected chi connectivity index (χ4v) is 3.48. The Morgan fingerprint density at radius 2 is 1.66 bits per heavy atom. The summed E-state index contributed by atoms with van der Waals surface area (Å²) in [6.07, 6.45) is 0. The van der Waals surface area contributed by atoms with Gasteiger partial charge < -0.3 is 9.47 Å². The quantitative estimate of drug-likeness (QED) is 0.369. The Balaban J connectivity index is 1.85. The molecule has 9 heteroatoms. The van der Waals surface area contributed by atoms with E-state index >= 15 is 0 Å². The highest BCUT2D eigenvalue weighted by atomic mass is 35.5. The monoisotopic (exact) mass is 453 g/mol. The molecule has 0 spiro atoms. The van der Waals surface area contributed by atoms with Crippen LogP contribution in [0.3, 0.4) is 0 Å². The molecule has 1 heterocycles. The molecule has 0 aliphatic carbocycles. The van der Waals surface area contributed by atoms with Crippen LogP contribution in [-0.2, 0) is 19.1 Å². The lowest BCUT2D eigenvalue weighted by atomic mass is 10.1. The molecule has 29 heavy (non-hydrogen) atoms. The van der Waals surface area contributed by atoms with Gasteiger partial charge in [0.25, 0.3) is 11.8 Å². The van der Waals surface area contributed by atoms with Crippen LogP contribution in [0.4, 0.5) is 5.69 Å². The van der Waals surface area contributed by atoms with Crippen LogP contribution in [0.5, 0.6) is 0 Å². The van der Waals surface area contributed by atoms with Gasteiger partial charge in [-0.1, -0.05) is 40.9 Å². The van der Waals surface area contributed by atoms with Crippen molar-refractivity contribution >= 4 is 63.8 Å². The standard InChI is InChI=1S/C20H14Cl3NO5/c1-28-8-9-29-20(27)11-2-5-13(6-3-11)24-18(25)16(17(23)19(24)26)14-7-4-12(21)10-15(14)22/h2-7,10H,8-9H2,1H3. The van der Waals surface area contributed by atoms with E-state index in [2.05, 4.69) is 0 Å². The van der Waals surface area contributed by atoms with Crippen LogP contribution in [0.2, 0.25) is 10.0 Å². The molecule has 0 N–H and O–H groups in total. The number of ether oxygens (including phenoxy) is 2. The number of carbonyl (C=O) groups excluding carboxylic acids is 3. The molecule has 0 radical (unpaired) electrons. The van der Waals surface area contributed by atoms with Gasteiger partial charge >= 0.3 is 5.97 Å². The number of anilines is 1. The number of imide groups is 1. The highest BCUT2D eigenvalue weighted by molar-refractivity contribution is 6.60. The first-order valence-electron chi connectivity index (χ1n) is 8.35. The summed E-state index contributed by atoms with van der Waals surface area (Å²) in [4.78, 5) is 38.4. The van der Waals surface area contributed by atoms with E-state index in [1.165, 1.54) is 43.5 Å². The zero-order chi connectivity index (χ0) is 21.1. The molecule has 150 valence electrons. The third-order valence-electron chi connectivity index (χ3n) is 4.11. The summed E-state index contributed by atoms with van der Waals surface area (Å²) in [6.45, 7) is 0.395. The van der Waals surface area contributed by atoms with Crippen LogP contribution in [0, 0.1) is 0 Å². The van der Waals surface area contributed by atoms with E-state index < -0.39 is 17.8 Å². The summed E-state index contributed by atoms with van der Waals surface area (Å²) in [5.41, 5.74) is 0.817. The van der Waals surface area contributed by atoms with Crippen molar-refractivity contribution in [2.45, 2.75) is 0 Å². The number of rotatable bonds is 6. The smallest absolute Gasteiger partial charge is 0.338 e. The third kappa shape index (κ3) is 4.31. The van der Waals surface area contributed by atoms with Gasteiger partial charge in [-0.3, -0.25) is 9.59 Å². The molecule has 0 saturated carbocycles. The topological polar surface area (TPSA) is 72.9 Å². The second kappa shape index (κ2) is 8.97. The maximum absolute atomic E-state index is 12.9. The van der Waals surface area contributed by atoms with E-state index in [1.807, 2.05) is 0 Å². The van der Waals surface area contributed by atoms with Gasteiger partial charge in [-0.2, -0.15) is 0 Å². The van der Waals surface area contributed by atoms with Crippen LogP contribution >= 0.6 is 34.8 Å². The average Bonchev–Trinajstić information content (AvgIpc) is 2.91. The van der Waals surface area contributed by atoms with Crippen molar-refractivity contribution in [2.24, 2.45) is 0 Å². The normalized spacial score (nSPS) is 14.0. The summed E-state index contributed by atoms with van der Waals surface area (Å²) in [6, 6.07) is 10.3. The molecule has 0 aromatic heterocycles. The Morgan fingerprint density at radius 3 is 2.28 bits per heavy atom. The van der Waals surface area contributed by atoms with Crippen LogP contribution in [0.15, 0.2) is 47.5 Å². The van der Waals surface area contributed by atoms with Crippen molar-refractivity contribution < 1.29 is 23.9 Å². The predicted molar refractivity (Wildman–Crippen MR) is 110 cm³/mol. The molecule has 0 unspecified atom stereocenters. The molecule has 1 aliphatic rings. The van der Waals surface area contributed by atoms with E-state index in [4.69, 9.17) is 44.3 Å². The summed E-state index contributed by atoms with van der Waals surface area (Å²) in [5, 5.41) is 0.335. The molecular formula is C20H14Cl3NO5. The fraction of sp³-hybridized carbons (Fsp3) is 0.150. The number of nitrogens with zero attached hydrogens (tertiary/aromatic N) is 1. The van der Waals surface area contributed by atoms with Crippen molar-refractivity contribution in [1.82, 2.24) is 0 Å². The van der Waals surface area contributed by atoms with E-state index in [0.717, 1.165) is 4.90 Å². The second-order valence-corrected chi connectivity index (χ2v) is 7.16. The molecule has 0 saturated heterocycles. The molecule has 2 aromatic rings. The number of esters is 1. The second-order valence-electron chi connectivity index (χ2n) is 5.93. The van der Waals surface area contributed by atoms with Crippen molar-refractivity contribution in [1.29, 1.82) is 0 Å². The predicted octanol–water partition coefficient (Wildman–Crippen LogP) is 4.32. The average molecular weight is 455 g/mol. The van der Waals surface area contributed by atoms with Gasteiger partial charge in [0.05, 0.1) is 28.5 Å². The molecule has 2 amide bonds. The summed E-state index contributed by atoms with van der Waals surface area (Å²) in [7, 11) is 1.50. The van der Waals surface area contributed by atoms with Crippen LogP contribution in [0.25, 0.3) is 5.57 Å². The minimum Gasteiger partial charge on any atom is -0.460 e. The van der Waals surface area contributed by atoms with Gasteiger partial charge in [-0.25, -0.2) is 9.69 Å². The minimum absolute atomic E-state index is 0.0126. The van der Waals surface area contributed by atoms with Crippen LogP contribution in [-0.4, -0.2) is 38.1 Å². The lowest BCUT2D eigenvalue weighted by Crippen LogP contribution is -2.31. The number of methoxy groups -OCH3 is 1. The van der Waals surface area contributed by atoms with Gasteiger partial charge in [-0.15, -0.1) is 0 Å². The maximum Gasteiger partial charge on any atom is 0.338 e. The van der Waals surface area contributed by atoms with E-state index in [1.54, 1.807) is 6.07 Å². The molecule has 0 fully saturated rings. The van der Waals surface area contributed by atoms with Gasteiger partial charge in [0.1, 0.15) is 11.6 Å². The van der Waals surface area contributed by atoms with Gasteiger partial charge in [0.15, 0.2) is 0 Å². The Hall–Kier alpha value is -2.38. The fourth-order valence-electron chi connectivity index (χ4n) is 2.71. The van der Waals surface area contributed by atoms with E-state index in [0.29, 0.717) is 10.6 Å². The first-order valence-corrected chi connectivity index (χ1v) is 9.48. The molecule has 0 atom stereocenters. The largest absolute Gasteiger partial charge is 0.460 e. The molecule has 6 nitrogen and oxygen atoms in total. The lowest BCUT2D eigenvalue weighted by Gasteiger charge is -2.15. The summed E-state index contributed by atoms with van der Waals surface area (Å²) >= 11 is 18.2. The van der Waals surface area contributed by atoms with Gasteiger partial charge in [0.2, 0.25) is 0 Å². The highest BCUT2D eigenvalue weighted by Gasteiger charge is 2.40. The van der Waals surface area contributed by atoms with Crippen LogP contribution < -0.4 is 4.90 Å². The van der Waals surface area contributed by atoms with E-state index in [9.17, 15) is 14.4 Å². The molecule has 1 aliphatic heterocycles. The third-order valence-corrected chi connectivity index (χ3v) is 5.01. The maximum atomic E-state index is 12.9. The molecule has 3 rings (SSSR count). The van der Waals surface area contributed by atoms with Crippen molar-refractivity contribution in [2.75, 3.05) is 25.2 Å². The highest BCUT2D eigenvalue weighted by Crippen LogP contribution is 2.38. The first kappa shape index (κ1) is 21.3. The Kier molecular flexibility index (Phi) is 6.59. The minimum atomic E-state index is -0.687. The van der Waals surface area contributed by atoms with Crippen molar-refractivity contribution in [3.05, 3.63) is 68.7 Å². The number of halogens is 3. The first-order chi connectivity index (χ1) is 13.8. The number of amides is 2. The Labute approximate surface area is 181 Å². The summed E-state index contributed by atoms with van der Waals surface area (Å²) in [5.74, 6) is -1.86. The number of hydrogen-bond acceptors (Lipinski definition) is 5. The molecular weight excluding hydrogens is 441 g/mol. The molecule has 2 aromatic carbocycles. The zero-order valence-corrected chi connectivity index (χ0v) is 17.3. The van der Waals surface area contributed by atoms with Crippen molar-refractivity contribution in [3.8, 4) is 0 Å². The number of benzene rings is 2. The zero-order valence-electron chi connectivity index (χ0n) is 15.1. The SMILES string of the molecule is COCCOC(=O)c1ccc(N2C(=O)C(Cl)=C(c3ccc(Cl)cc3Cl)C2=O)cc1. The lowest BCUT2D eigenvalue weighted by molar-refractivity contribution is -0.119. The Morgan fingerprint density at radius 1 is 0.966 bits per heavy atom. The molecule has 0 bridgehead atoms. The number of hydrogen-bond donors (Lipinski definition) is 0. The number of carbonyl (C=O) groups is 3. The van der Waals surface area contributed by atoms with Crippen LogP contribution in [0.1, 0.15) is 15.9 Å². The summed E-state index contributed by atoms with van der Waals surface area (Å²) < 4.78 is 9.84. The Bertz CT molecular complexity index is 1020. The van der Waals surface area contributed by atoms with Gasteiger partial charge in [0, 0.05) is 17.7 Å². The van der Waals surface area contributed by atoms with E-state index in [-0.39, 0.29) is 40.1 Å².